The van der Waals surface area contributed by atoms with Crippen LogP contribution in [0.25, 0.3) is 0 Å². The number of nitrogens with zero attached hydrogens (tertiary/aromatic N) is 1. The number of phenols is 1. The molecule has 0 aromatic heterocycles. The Morgan fingerprint density at radius 1 is 1.13 bits per heavy atom. The molecule has 0 unspecified atom stereocenters. The number of esters is 1. The van der Waals surface area contributed by atoms with Crippen LogP contribution in [0.4, 0.5) is 15.9 Å². The Labute approximate surface area is 131 Å². The van der Waals surface area contributed by atoms with Crippen molar-refractivity contribution in [1.82, 2.24) is 0 Å². The van der Waals surface area contributed by atoms with Crippen LogP contribution in [0, 0.1) is 0 Å². The maximum atomic E-state index is 14.8. The summed E-state index contributed by atoms with van der Waals surface area (Å²) in [5.74, 6) is -2.37. The number of carboxylic acids is 1. The minimum atomic E-state index is -1.32. The van der Waals surface area contributed by atoms with Crippen molar-refractivity contribution in [2.24, 2.45) is 0 Å². The molecule has 0 spiro atoms. The topological polar surface area (TPSA) is 87.1 Å². The number of benzene rings is 2. The molecule has 120 valence electrons. The molecule has 2 N–H and O–H groups in total. The maximum Gasteiger partial charge on any atom is 0.340 e. The summed E-state index contributed by atoms with van der Waals surface area (Å²) in [6.45, 7) is 1.70. The van der Waals surface area contributed by atoms with E-state index < -0.39 is 11.9 Å². The van der Waals surface area contributed by atoms with E-state index in [2.05, 4.69) is 0 Å². The van der Waals surface area contributed by atoms with E-state index in [9.17, 15) is 19.2 Å². The number of hydrogen-bond acceptors (Lipinski definition) is 5. The lowest BCUT2D eigenvalue weighted by Crippen LogP contribution is -2.14. The Bertz CT molecular complexity index is 747. The number of aromatic hydroxyl groups is 1. The highest BCUT2D eigenvalue weighted by Crippen LogP contribution is 2.34. The lowest BCUT2D eigenvalue weighted by Gasteiger charge is -2.18. The summed E-state index contributed by atoms with van der Waals surface area (Å²) in [6.07, 6.45) is 0. The van der Waals surface area contributed by atoms with Crippen molar-refractivity contribution in [1.29, 1.82) is 0 Å². The molecule has 0 aliphatic carbocycles. The van der Waals surface area contributed by atoms with Gasteiger partial charge in [0.15, 0.2) is 0 Å². The lowest BCUT2D eigenvalue weighted by molar-refractivity contribution is 0.0526. The first kappa shape index (κ1) is 16.3. The minimum Gasteiger partial charge on any atom is -0.508 e. The van der Waals surface area contributed by atoms with Crippen LogP contribution < -0.4 is 5.12 Å². The predicted octanol–water partition coefficient (Wildman–Crippen LogP) is 3.29. The second-order valence-corrected chi connectivity index (χ2v) is 4.53. The second-order valence-electron chi connectivity index (χ2n) is 4.53. The van der Waals surface area contributed by atoms with Crippen LogP contribution in [-0.4, -0.2) is 28.8 Å². The van der Waals surface area contributed by atoms with Gasteiger partial charge in [-0.15, -0.1) is 0 Å². The first-order valence-corrected chi connectivity index (χ1v) is 6.74. The third-order valence-electron chi connectivity index (χ3n) is 3.03. The second kappa shape index (κ2) is 6.78. The summed E-state index contributed by atoms with van der Waals surface area (Å²) in [5.41, 5.74) is -0.992. The minimum absolute atomic E-state index is 0.0371. The molecule has 2 rings (SSSR count). The number of phenolic OH excluding ortho intramolecular Hbond substituents is 1. The molecule has 0 bridgehead atoms. The van der Waals surface area contributed by atoms with E-state index in [0.717, 1.165) is 6.07 Å². The van der Waals surface area contributed by atoms with E-state index >= 15 is 0 Å². The summed E-state index contributed by atoms with van der Waals surface area (Å²) >= 11 is 0. The number of carbonyl (C=O) groups excluding carboxylic acids is 1. The van der Waals surface area contributed by atoms with Crippen molar-refractivity contribution in [3.05, 3.63) is 53.6 Å². The molecule has 0 radical (unpaired) electrons. The monoisotopic (exact) mass is 319 g/mol. The highest BCUT2D eigenvalue weighted by molar-refractivity contribution is 5.99. The Balaban J connectivity index is 2.55. The van der Waals surface area contributed by atoms with Crippen molar-refractivity contribution < 1.29 is 29.0 Å². The van der Waals surface area contributed by atoms with Gasteiger partial charge in [0.05, 0.1) is 29.1 Å². The van der Waals surface area contributed by atoms with Crippen LogP contribution in [0.3, 0.4) is 0 Å². The molecular formula is C16H14FNO5. The zero-order valence-corrected chi connectivity index (χ0v) is 12.2. The Hall–Kier alpha value is -3.09. The molecule has 0 saturated heterocycles. The van der Waals surface area contributed by atoms with Gasteiger partial charge in [0.2, 0.25) is 0 Å². The summed E-state index contributed by atoms with van der Waals surface area (Å²) in [5, 5.41) is 18.7. The van der Waals surface area contributed by atoms with E-state index in [0.29, 0.717) is 0 Å². The molecular weight excluding hydrogens is 305 g/mol. The van der Waals surface area contributed by atoms with Crippen molar-refractivity contribution in [3.63, 3.8) is 0 Å². The average molecular weight is 319 g/mol. The molecule has 2 aromatic rings. The number of para-hydroxylation sites is 1. The zero-order valence-electron chi connectivity index (χ0n) is 12.2. The van der Waals surface area contributed by atoms with Crippen LogP contribution in [0.15, 0.2) is 42.5 Å². The van der Waals surface area contributed by atoms with E-state index in [1.54, 1.807) is 6.92 Å². The fourth-order valence-corrected chi connectivity index (χ4v) is 2.02. The quantitative estimate of drug-likeness (QED) is 0.649. The van der Waals surface area contributed by atoms with Gasteiger partial charge in [-0.3, -0.25) is 0 Å². The fraction of sp³-hybridized carbons (Fsp3) is 0.125. The Morgan fingerprint density at radius 2 is 1.83 bits per heavy atom. The van der Waals surface area contributed by atoms with Crippen LogP contribution in [0.2, 0.25) is 0 Å². The summed E-state index contributed by atoms with van der Waals surface area (Å²) in [7, 11) is 0. The number of hydrogen-bond donors (Lipinski definition) is 2. The molecule has 7 heteroatoms. The van der Waals surface area contributed by atoms with Crippen LogP contribution in [-0.2, 0) is 4.74 Å². The molecule has 23 heavy (non-hydrogen) atoms. The first-order valence-electron chi connectivity index (χ1n) is 6.74. The Kier molecular flexibility index (Phi) is 4.80. The molecule has 0 aliphatic heterocycles. The van der Waals surface area contributed by atoms with E-state index in [-0.39, 0.29) is 40.0 Å². The van der Waals surface area contributed by atoms with Crippen LogP contribution in [0.5, 0.6) is 5.75 Å². The molecule has 0 atom stereocenters. The van der Waals surface area contributed by atoms with Gasteiger partial charge in [-0.25, -0.2) is 9.59 Å². The molecule has 0 heterocycles. The van der Waals surface area contributed by atoms with E-state index in [1.807, 2.05) is 0 Å². The highest BCUT2D eigenvalue weighted by atomic mass is 19.2. The van der Waals surface area contributed by atoms with E-state index in [4.69, 9.17) is 9.84 Å². The summed E-state index contributed by atoms with van der Waals surface area (Å²) in [4.78, 5) is 23.1. The highest BCUT2D eigenvalue weighted by Gasteiger charge is 2.23. The zero-order chi connectivity index (χ0) is 17.0. The average Bonchev–Trinajstić information content (AvgIpc) is 2.54. The number of rotatable bonds is 5. The van der Waals surface area contributed by atoms with Gasteiger partial charge in [-0.1, -0.05) is 16.6 Å². The van der Waals surface area contributed by atoms with Gasteiger partial charge >= 0.3 is 11.9 Å². The number of aromatic carboxylic acids is 1. The van der Waals surface area contributed by atoms with Crippen molar-refractivity contribution in [2.45, 2.75) is 6.92 Å². The van der Waals surface area contributed by atoms with Crippen molar-refractivity contribution in [3.8, 4) is 5.75 Å². The molecule has 0 amide bonds. The first-order chi connectivity index (χ1) is 11.0. The van der Waals surface area contributed by atoms with E-state index in [1.165, 1.54) is 36.4 Å². The maximum absolute atomic E-state index is 14.8. The van der Waals surface area contributed by atoms with Gasteiger partial charge in [-0.05, 0) is 31.2 Å². The number of carbonyl (C=O) groups is 2. The number of anilines is 2. The third-order valence-corrected chi connectivity index (χ3v) is 3.03. The molecule has 0 fully saturated rings. The third kappa shape index (κ3) is 3.39. The Morgan fingerprint density at radius 3 is 2.48 bits per heavy atom. The molecule has 0 aliphatic rings. The predicted molar refractivity (Wildman–Crippen MR) is 80.7 cm³/mol. The molecule has 2 aromatic carbocycles. The SMILES string of the molecule is CCOC(=O)c1ccc(O)cc1N(F)c1ccccc1C(=O)O. The van der Waals surface area contributed by atoms with Gasteiger partial charge in [-0.2, -0.15) is 5.12 Å². The number of ether oxygens (including phenoxy) is 1. The fourth-order valence-electron chi connectivity index (χ4n) is 2.02. The largest absolute Gasteiger partial charge is 0.508 e. The number of halogens is 1. The smallest absolute Gasteiger partial charge is 0.340 e. The number of carboxylic acid groups (broad SMARTS) is 1. The van der Waals surface area contributed by atoms with Crippen LogP contribution in [0.1, 0.15) is 27.6 Å². The van der Waals surface area contributed by atoms with Gasteiger partial charge in [0.1, 0.15) is 5.75 Å². The normalized spacial score (nSPS) is 10.2. The van der Waals surface area contributed by atoms with Crippen molar-refractivity contribution in [2.75, 3.05) is 11.7 Å². The standard InChI is InChI=1S/C16H14FNO5/c1-2-23-16(22)12-8-7-10(19)9-14(12)18(17)13-6-4-3-5-11(13)15(20)21/h3-9,19H,2H2,1H3,(H,20,21). The summed E-state index contributed by atoms with van der Waals surface area (Å²) < 4.78 is 19.6. The van der Waals surface area contributed by atoms with Gasteiger partial charge in [0, 0.05) is 6.07 Å². The lowest BCUT2D eigenvalue weighted by atomic mass is 10.1. The molecule has 0 saturated carbocycles. The van der Waals surface area contributed by atoms with Gasteiger partial charge < -0.3 is 14.9 Å². The summed E-state index contributed by atoms with van der Waals surface area (Å²) in [6, 6.07) is 8.84. The molecule has 6 nitrogen and oxygen atoms in total. The van der Waals surface area contributed by atoms with Crippen LogP contribution >= 0.6 is 0 Å². The van der Waals surface area contributed by atoms with Crippen molar-refractivity contribution >= 4 is 23.3 Å². The van der Waals surface area contributed by atoms with Gasteiger partial charge in [0.25, 0.3) is 0 Å².